The molecule has 0 spiro atoms. The molecule has 0 unspecified atom stereocenters. The summed E-state index contributed by atoms with van der Waals surface area (Å²) in [5.74, 6) is 1.26. The van der Waals surface area contributed by atoms with Gasteiger partial charge in [-0.1, -0.05) is 30.3 Å². The van der Waals surface area contributed by atoms with Gasteiger partial charge in [-0.05, 0) is 43.7 Å². The Balaban J connectivity index is 1.57. The van der Waals surface area contributed by atoms with Gasteiger partial charge >= 0.3 is 0 Å². The van der Waals surface area contributed by atoms with Crippen molar-refractivity contribution in [3.05, 3.63) is 65.4 Å². The van der Waals surface area contributed by atoms with Crippen molar-refractivity contribution in [1.82, 2.24) is 10.6 Å². The molecule has 1 aliphatic heterocycles. The maximum atomic E-state index is 12.7. The zero-order valence-corrected chi connectivity index (χ0v) is 14.7. The zero-order chi connectivity index (χ0) is 17.9. The van der Waals surface area contributed by atoms with Crippen LogP contribution in [0, 0.1) is 6.92 Å². The van der Waals surface area contributed by atoms with Crippen molar-refractivity contribution >= 4 is 16.9 Å². The lowest BCUT2D eigenvalue weighted by Gasteiger charge is -2.11. The van der Waals surface area contributed by atoms with E-state index < -0.39 is 0 Å². The SMILES string of the molecule is Cc1oc2ccc(OCc3ccccc3)cc2c1C(=O)N[C@H]1CCNC1. The van der Waals surface area contributed by atoms with Crippen LogP contribution in [-0.4, -0.2) is 25.0 Å². The summed E-state index contributed by atoms with van der Waals surface area (Å²) >= 11 is 0. The molecule has 0 radical (unpaired) electrons. The lowest BCUT2D eigenvalue weighted by molar-refractivity contribution is 0.0940. The fourth-order valence-electron chi connectivity index (χ4n) is 3.35. The van der Waals surface area contributed by atoms with Crippen LogP contribution in [0.3, 0.4) is 0 Å². The number of fused-ring (bicyclic) bond motifs is 1. The van der Waals surface area contributed by atoms with Crippen LogP contribution in [-0.2, 0) is 6.61 Å². The van der Waals surface area contributed by atoms with E-state index in [4.69, 9.17) is 9.15 Å². The Kier molecular flexibility index (Phi) is 4.63. The predicted octanol–water partition coefficient (Wildman–Crippen LogP) is 3.41. The Morgan fingerprint density at radius 3 is 2.88 bits per heavy atom. The van der Waals surface area contributed by atoms with Crippen molar-refractivity contribution in [2.24, 2.45) is 0 Å². The summed E-state index contributed by atoms with van der Waals surface area (Å²) in [7, 11) is 0. The van der Waals surface area contributed by atoms with Gasteiger partial charge in [0.15, 0.2) is 0 Å². The minimum absolute atomic E-state index is 0.0878. The van der Waals surface area contributed by atoms with E-state index in [1.807, 2.05) is 55.5 Å². The standard InChI is InChI=1S/C21H22N2O3/c1-14-20(21(24)23-16-9-10-22-12-16)18-11-17(7-8-19(18)26-14)25-13-15-5-3-2-4-6-15/h2-8,11,16,22H,9-10,12-13H2,1H3,(H,23,24)/t16-/m0/s1. The fraction of sp³-hybridized carbons (Fsp3) is 0.286. The topological polar surface area (TPSA) is 63.5 Å². The highest BCUT2D eigenvalue weighted by atomic mass is 16.5. The lowest BCUT2D eigenvalue weighted by atomic mass is 10.1. The van der Waals surface area contributed by atoms with Crippen LogP contribution in [0.4, 0.5) is 0 Å². The first kappa shape index (κ1) is 16.7. The number of amides is 1. The molecule has 1 amide bonds. The van der Waals surface area contributed by atoms with Crippen molar-refractivity contribution in [3.63, 3.8) is 0 Å². The van der Waals surface area contributed by atoms with E-state index in [0.717, 1.165) is 36.2 Å². The van der Waals surface area contributed by atoms with Crippen LogP contribution in [0.25, 0.3) is 11.0 Å². The van der Waals surface area contributed by atoms with Crippen LogP contribution in [0.2, 0.25) is 0 Å². The van der Waals surface area contributed by atoms with Crippen molar-refractivity contribution in [3.8, 4) is 5.75 Å². The predicted molar refractivity (Wildman–Crippen MR) is 100 cm³/mol. The summed E-state index contributed by atoms with van der Waals surface area (Å²) in [6.45, 7) is 4.06. The van der Waals surface area contributed by atoms with E-state index >= 15 is 0 Å². The van der Waals surface area contributed by atoms with Gasteiger partial charge in [-0.15, -0.1) is 0 Å². The van der Waals surface area contributed by atoms with E-state index in [1.165, 1.54) is 0 Å². The molecular weight excluding hydrogens is 328 g/mol. The Labute approximate surface area is 152 Å². The molecule has 0 bridgehead atoms. The monoisotopic (exact) mass is 350 g/mol. The van der Waals surface area contributed by atoms with Gasteiger partial charge in [0.2, 0.25) is 0 Å². The van der Waals surface area contributed by atoms with Gasteiger partial charge in [0, 0.05) is 18.0 Å². The summed E-state index contributed by atoms with van der Waals surface area (Å²) in [5, 5.41) is 7.14. The quantitative estimate of drug-likeness (QED) is 0.740. The van der Waals surface area contributed by atoms with Crippen LogP contribution in [0.1, 0.15) is 28.1 Å². The first-order chi connectivity index (χ1) is 12.7. The van der Waals surface area contributed by atoms with Crippen LogP contribution < -0.4 is 15.4 Å². The fourth-order valence-corrected chi connectivity index (χ4v) is 3.35. The van der Waals surface area contributed by atoms with E-state index in [1.54, 1.807) is 0 Å². The summed E-state index contributed by atoms with van der Waals surface area (Å²) in [6, 6.07) is 15.8. The van der Waals surface area contributed by atoms with Crippen molar-refractivity contribution in [2.45, 2.75) is 26.0 Å². The number of benzene rings is 2. The molecule has 2 aromatic carbocycles. The molecule has 0 aliphatic carbocycles. The van der Waals surface area contributed by atoms with Crippen molar-refractivity contribution in [2.75, 3.05) is 13.1 Å². The number of hydrogen-bond donors (Lipinski definition) is 2. The van der Waals surface area contributed by atoms with Crippen molar-refractivity contribution < 1.29 is 13.9 Å². The Morgan fingerprint density at radius 1 is 1.27 bits per heavy atom. The number of hydrogen-bond acceptors (Lipinski definition) is 4. The third kappa shape index (κ3) is 3.44. The first-order valence-corrected chi connectivity index (χ1v) is 8.92. The van der Waals surface area contributed by atoms with Crippen LogP contribution >= 0.6 is 0 Å². The summed E-state index contributed by atoms with van der Waals surface area (Å²) < 4.78 is 11.7. The van der Waals surface area contributed by atoms with E-state index in [-0.39, 0.29) is 11.9 Å². The summed E-state index contributed by atoms with van der Waals surface area (Å²) in [6.07, 6.45) is 0.950. The molecule has 134 valence electrons. The van der Waals surface area contributed by atoms with Gasteiger partial charge < -0.3 is 19.8 Å². The van der Waals surface area contributed by atoms with Gasteiger partial charge in [0.25, 0.3) is 5.91 Å². The van der Waals surface area contributed by atoms with Crippen LogP contribution in [0.5, 0.6) is 5.75 Å². The molecule has 1 fully saturated rings. The van der Waals surface area contributed by atoms with Gasteiger partial charge in [-0.2, -0.15) is 0 Å². The molecule has 4 rings (SSSR count). The second kappa shape index (κ2) is 7.22. The number of aryl methyl sites for hydroxylation is 1. The van der Waals surface area contributed by atoms with Crippen molar-refractivity contribution in [1.29, 1.82) is 0 Å². The third-order valence-corrected chi connectivity index (χ3v) is 4.71. The Bertz CT molecular complexity index is 912. The Hall–Kier alpha value is -2.79. The zero-order valence-electron chi connectivity index (χ0n) is 14.7. The van der Waals surface area contributed by atoms with Gasteiger partial charge in [-0.25, -0.2) is 0 Å². The first-order valence-electron chi connectivity index (χ1n) is 8.92. The second-order valence-electron chi connectivity index (χ2n) is 6.63. The molecule has 1 aromatic heterocycles. The largest absolute Gasteiger partial charge is 0.489 e. The minimum atomic E-state index is -0.0878. The highest BCUT2D eigenvalue weighted by Gasteiger charge is 2.23. The number of carbonyl (C=O) groups excluding carboxylic acids is 1. The lowest BCUT2D eigenvalue weighted by Crippen LogP contribution is -2.36. The molecule has 2 heterocycles. The highest BCUT2D eigenvalue weighted by molar-refractivity contribution is 6.07. The number of rotatable bonds is 5. The molecule has 1 atom stereocenters. The molecular formula is C21H22N2O3. The van der Waals surface area contributed by atoms with Gasteiger partial charge in [0.05, 0.1) is 5.56 Å². The Morgan fingerprint density at radius 2 is 2.12 bits per heavy atom. The molecule has 26 heavy (non-hydrogen) atoms. The average molecular weight is 350 g/mol. The maximum absolute atomic E-state index is 12.7. The number of furan rings is 1. The molecule has 1 saturated heterocycles. The summed E-state index contributed by atoms with van der Waals surface area (Å²) in [4.78, 5) is 12.7. The third-order valence-electron chi connectivity index (χ3n) is 4.71. The number of nitrogens with one attached hydrogen (secondary N) is 2. The smallest absolute Gasteiger partial charge is 0.255 e. The molecule has 1 aliphatic rings. The molecule has 2 N–H and O–H groups in total. The molecule has 0 saturated carbocycles. The van der Waals surface area contributed by atoms with E-state index in [0.29, 0.717) is 23.5 Å². The number of ether oxygens (including phenoxy) is 1. The molecule has 5 nitrogen and oxygen atoms in total. The highest BCUT2D eigenvalue weighted by Crippen LogP contribution is 2.29. The van der Waals surface area contributed by atoms with Gasteiger partial charge in [-0.3, -0.25) is 4.79 Å². The average Bonchev–Trinajstić information content (AvgIpc) is 3.27. The minimum Gasteiger partial charge on any atom is -0.489 e. The normalized spacial score (nSPS) is 16.7. The van der Waals surface area contributed by atoms with E-state index in [2.05, 4.69) is 10.6 Å². The summed E-state index contributed by atoms with van der Waals surface area (Å²) in [5.41, 5.74) is 2.39. The van der Waals surface area contributed by atoms with Crippen LogP contribution in [0.15, 0.2) is 52.9 Å². The maximum Gasteiger partial charge on any atom is 0.255 e. The van der Waals surface area contributed by atoms with Gasteiger partial charge in [0.1, 0.15) is 23.7 Å². The molecule has 5 heteroatoms. The van der Waals surface area contributed by atoms with E-state index in [9.17, 15) is 4.79 Å². The second-order valence-corrected chi connectivity index (χ2v) is 6.63. The molecule has 3 aromatic rings. The number of carbonyl (C=O) groups is 1.